The Morgan fingerprint density at radius 2 is 1.94 bits per heavy atom. The maximum absolute atomic E-state index is 12.9. The van der Waals surface area contributed by atoms with Crippen molar-refractivity contribution in [2.24, 2.45) is 5.92 Å². The summed E-state index contributed by atoms with van der Waals surface area (Å²) in [7, 11) is 1.67. The molecule has 1 aromatic heterocycles. The molecule has 1 N–H and O–H groups in total. The monoisotopic (exact) mass is 443 g/mol. The Morgan fingerprint density at radius 1 is 1.19 bits per heavy atom. The normalized spacial score (nSPS) is 15.7. The van der Waals surface area contributed by atoms with E-state index in [1.807, 2.05) is 40.6 Å². The van der Waals surface area contributed by atoms with E-state index in [0.29, 0.717) is 32.5 Å². The number of benzene rings is 1. The number of hydrogen-bond acceptors (Lipinski definition) is 5. The molecular weight excluding hydrogens is 410 g/mol. The van der Waals surface area contributed by atoms with Crippen LogP contribution in [0.5, 0.6) is 5.75 Å². The van der Waals surface area contributed by atoms with E-state index in [0.717, 1.165) is 29.3 Å². The molecule has 1 aliphatic rings. The molecule has 6 nitrogen and oxygen atoms in total. The number of piperidine rings is 1. The van der Waals surface area contributed by atoms with Gasteiger partial charge < -0.3 is 15.0 Å². The summed E-state index contributed by atoms with van der Waals surface area (Å²) in [5.41, 5.74) is 1.14. The average molecular weight is 444 g/mol. The minimum Gasteiger partial charge on any atom is -0.497 e. The Labute approximate surface area is 189 Å². The smallest absolute Gasteiger partial charge is 0.263 e. The number of likely N-dealkylation sites (N-methyl/N-ethyl adjacent to an activating group) is 1. The zero-order chi connectivity index (χ0) is 22.2. The topological polar surface area (TPSA) is 61.9 Å². The van der Waals surface area contributed by atoms with E-state index >= 15 is 0 Å². The van der Waals surface area contributed by atoms with Crippen molar-refractivity contribution < 1.29 is 14.3 Å². The fraction of sp³-hybridized carbons (Fsp3) is 0.500. The largest absolute Gasteiger partial charge is 0.497 e. The van der Waals surface area contributed by atoms with Gasteiger partial charge in [0.25, 0.3) is 5.91 Å². The summed E-state index contributed by atoms with van der Waals surface area (Å²) in [4.78, 5) is 30.4. The molecule has 31 heavy (non-hydrogen) atoms. The van der Waals surface area contributed by atoms with Crippen LogP contribution in [0.25, 0.3) is 0 Å². The van der Waals surface area contributed by atoms with Crippen LogP contribution in [0.4, 0.5) is 0 Å². The molecule has 7 heteroatoms. The van der Waals surface area contributed by atoms with Gasteiger partial charge in [-0.1, -0.05) is 32.0 Å². The highest BCUT2D eigenvalue weighted by Gasteiger charge is 2.29. The molecule has 2 aromatic rings. The number of hydrogen-bond donors (Lipinski definition) is 1. The molecule has 2 heterocycles. The zero-order valence-corrected chi connectivity index (χ0v) is 19.5. The van der Waals surface area contributed by atoms with Gasteiger partial charge in [-0.2, -0.15) is 0 Å². The highest BCUT2D eigenvalue weighted by atomic mass is 32.1. The summed E-state index contributed by atoms with van der Waals surface area (Å²) in [5.74, 6) is 0.940. The number of amides is 2. The van der Waals surface area contributed by atoms with Crippen molar-refractivity contribution in [3.63, 3.8) is 0 Å². The zero-order valence-electron chi connectivity index (χ0n) is 18.7. The van der Waals surface area contributed by atoms with Gasteiger partial charge >= 0.3 is 0 Å². The second kappa shape index (κ2) is 11.3. The predicted molar refractivity (Wildman–Crippen MR) is 125 cm³/mol. The van der Waals surface area contributed by atoms with Crippen molar-refractivity contribution >= 4 is 23.2 Å². The van der Waals surface area contributed by atoms with Gasteiger partial charge in [0.2, 0.25) is 5.91 Å². The Balaban J connectivity index is 1.57. The molecule has 2 amide bonds. The molecule has 3 rings (SSSR count). The van der Waals surface area contributed by atoms with Crippen LogP contribution < -0.4 is 10.1 Å². The Bertz CT molecular complexity index is 844. The van der Waals surface area contributed by atoms with E-state index in [1.165, 1.54) is 11.3 Å². The van der Waals surface area contributed by atoms with E-state index in [1.54, 1.807) is 7.11 Å². The van der Waals surface area contributed by atoms with Crippen LogP contribution in [0.3, 0.4) is 0 Å². The molecule has 1 unspecified atom stereocenters. The van der Waals surface area contributed by atoms with E-state index in [-0.39, 0.29) is 23.8 Å². The molecule has 0 aliphatic carbocycles. The number of methoxy groups -OCH3 is 1. The summed E-state index contributed by atoms with van der Waals surface area (Å²) in [6.45, 7) is 7.89. The predicted octanol–water partition coefficient (Wildman–Crippen LogP) is 3.81. The molecular formula is C24H33N3O3S. The number of ether oxygens (including phenoxy) is 1. The number of carbonyl (C=O) groups excluding carboxylic acids is 2. The molecule has 1 fully saturated rings. The maximum Gasteiger partial charge on any atom is 0.263 e. The molecule has 0 radical (unpaired) electrons. The average Bonchev–Trinajstić information content (AvgIpc) is 3.36. The van der Waals surface area contributed by atoms with E-state index in [2.05, 4.69) is 30.1 Å². The van der Waals surface area contributed by atoms with Crippen LogP contribution in [-0.2, 0) is 4.79 Å². The van der Waals surface area contributed by atoms with Gasteiger partial charge in [-0.25, -0.2) is 0 Å². The van der Waals surface area contributed by atoms with Crippen LogP contribution in [0, 0.1) is 5.92 Å². The summed E-state index contributed by atoms with van der Waals surface area (Å²) in [6.07, 6.45) is 1.41. The molecule has 0 saturated carbocycles. The number of rotatable bonds is 9. The first-order valence-electron chi connectivity index (χ1n) is 11.1. The Hall–Kier alpha value is -2.38. The standard InChI is InChI=1S/C24H33N3O3S/c1-4-26(5-2)21(19-8-6-9-20(16-19)30-3)17-25-23(28)18-11-13-27(14-12-18)24(29)22-10-7-15-31-22/h6-10,15-16,18,21H,4-5,11-14,17H2,1-3H3,(H,25,28). The minimum absolute atomic E-state index is 0.0463. The van der Waals surface area contributed by atoms with E-state index in [9.17, 15) is 9.59 Å². The lowest BCUT2D eigenvalue weighted by Crippen LogP contribution is -2.45. The third kappa shape index (κ3) is 5.86. The first-order valence-corrected chi connectivity index (χ1v) is 11.9. The fourth-order valence-corrected chi connectivity index (χ4v) is 4.90. The number of nitrogens with zero attached hydrogens (tertiary/aromatic N) is 2. The molecule has 1 saturated heterocycles. The summed E-state index contributed by atoms with van der Waals surface area (Å²) < 4.78 is 5.39. The minimum atomic E-state index is -0.0463. The fourth-order valence-electron chi connectivity index (χ4n) is 4.21. The number of thiophene rings is 1. The molecule has 1 atom stereocenters. The molecule has 168 valence electrons. The number of nitrogens with one attached hydrogen (secondary N) is 1. The van der Waals surface area contributed by atoms with Crippen molar-refractivity contribution in [3.8, 4) is 5.75 Å². The lowest BCUT2D eigenvalue weighted by atomic mass is 9.95. The number of likely N-dealkylation sites (tertiary alicyclic amines) is 1. The lowest BCUT2D eigenvalue weighted by Gasteiger charge is -2.33. The van der Waals surface area contributed by atoms with Crippen LogP contribution in [0.2, 0.25) is 0 Å². The van der Waals surface area contributed by atoms with Gasteiger partial charge in [-0.3, -0.25) is 14.5 Å². The SMILES string of the molecule is CCN(CC)C(CNC(=O)C1CCN(C(=O)c2cccs2)CC1)c1cccc(OC)c1. The first kappa shape index (κ1) is 23.3. The van der Waals surface area contributed by atoms with Gasteiger partial charge in [-0.05, 0) is 55.1 Å². The summed E-state index contributed by atoms with van der Waals surface area (Å²) >= 11 is 1.47. The quantitative estimate of drug-likeness (QED) is 0.640. The molecule has 0 bridgehead atoms. The van der Waals surface area contributed by atoms with Crippen LogP contribution >= 0.6 is 11.3 Å². The van der Waals surface area contributed by atoms with Crippen LogP contribution in [-0.4, -0.2) is 61.4 Å². The maximum atomic E-state index is 12.9. The second-order valence-corrected chi connectivity index (χ2v) is 8.75. The van der Waals surface area contributed by atoms with Gasteiger partial charge in [0, 0.05) is 25.6 Å². The highest BCUT2D eigenvalue weighted by Crippen LogP contribution is 2.25. The second-order valence-electron chi connectivity index (χ2n) is 7.80. The van der Waals surface area contributed by atoms with Gasteiger partial charge in [0.05, 0.1) is 18.0 Å². The van der Waals surface area contributed by atoms with Crippen LogP contribution in [0.1, 0.15) is 48.0 Å². The van der Waals surface area contributed by atoms with Crippen molar-refractivity contribution in [2.75, 3.05) is 39.8 Å². The molecule has 1 aromatic carbocycles. The van der Waals surface area contributed by atoms with Gasteiger partial charge in [-0.15, -0.1) is 11.3 Å². The van der Waals surface area contributed by atoms with Crippen molar-refractivity contribution in [2.45, 2.75) is 32.7 Å². The van der Waals surface area contributed by atoms with Gasteiger partial charge in [0.15, 0.2) is 0 Å². The van der Waals surface area contributed by atoms with Gasteiger partial charge in [0.1, 0.15) is 5.75 Å². The third-order valence-corrected chi connectivity index (χ3v) is 6.94. The third-order valence-electron chi connectivity index (χ3n) is 6.09. The summed E-state index contributed by atoms with van der Waals surface area (Å²) in [6, 6.07) is 11.9. The molecule has 1 aliphatic heterocycles. The van der Waals surface area contributed by atoms with Crippen molar-refractivity contribution in [1.29, 1.82) is 0 Å². The Kier molecular flexibility index (Phi) is 8.49. The van der Waals surface area contributed by atoms with Crippen molar-refractivity contribution in [3.05, 3.63) is 52.2 Å². The Morgan fingerprint density at radius 3 is 2.55 bits per heavy atom. The van der Waals surface area contributed by atoms with E-state index in [4.69, 9.17) is 4.74 Å². The molecule has 0 spiro atoms. The lowest BCUT2D eigenvalue weighted by molar-refractivity contribution is -0.126. The van der Waals surface area contributed by atoms with Crippen LogP contribution in [0.15, 0.2) is 41.8 Å². The summed E-state index contributed by atoms with van der Waals surface area (Å²) in [5, 5.41) is 5.11. The first-order chi connectivity index (χ1) is 15.1. The number of carbonyl (C=O) groups is 2. The highest BCUT2D eigenvalue weighted by molar-refractivity contribution is 7.12. The van der Waals surface area contributed by atoms with E-state index < -0.39 is 0 Å². The van der Waals surface area contributed by atoms with Crippen molar-refractivity contribution in [1.82, 2.24) is 15.1 Å².